The molecule has 4 nitrogen and oxygen atoms in total. The van der Waals surface area contributed by atoms with E-state index in [-0.39, 0.29) is 5.75 Å². The fourth-order valence-electron chi connectivity index (χ4n) is 2.45. The van der Waals surface area contributed by atoms with Crippen molar-refractivity contribution >= 4 is 22.7 Å². The molecule has 3 rings (SSSR count). The van der Waals surface area contributed by atoms with Gasteiger partial charge < -0.3 is 14.6 Å². The molecule has 3 aromatic rings. The Morgan fingerprint density at radius 3 is 2.48 bits per heavy atom. The lowest BCUT2D eigenvalue weighted by molar-refractivity contribution is 0.355. The molecule has 4 heteroatoms. The maximum Gasteiger partial charge on any atom is 0.161 e. The van der Waals surface area contributed by atoms with E-state index >= 15 is 0 Å². The van der Waals surface area contributed by atoms with Gasteiger partial charge in [-0.3, -0.25) is 4.99 Å². The van der Waals surface area contributed by atoms with Crippen molar-refractivity contribution in [3.8, 4) is 17.2 Å². The highest BCUT2D eigenvalue weighted by Crippen LogP contribution is 2.35. The number of fused-ring (bicyclic) bond motifs is 1. The molecule has 3 aromatic carbocycles. The van der Waals surface area contributed by atoms with Gasteiger partial charge in [-0.25, -0.2) is 0 Å². The Kier molecular flexibility index (Phi) is 4.15. The van der Waals surface area contributed by atoms with Gasteiger partial charge >= 0.3 is 0 Å². The van der Waals surface area contributed by atoms with Gasteiger partial charge in [-0.1, -0.05) is 30.3 Å². The summed E-state index contributed by atoms with van der Waals surface area (Å²) >= 11 is 0. The fourth-order valence-corrected chi connectivity index (χ4v) is 2.45. The minimum atomic E-state index is 0.153. The van der Waals surface area contributed by atoms with Crippen molar-refractivity contribution in [1.29, 1.82) is 0 Å². The number of phenols is 1. The van der Waals surface area contributed by atoms with Crippen molar-refractivity contribution in [1.82, 2.24) is 0 Å². The predicted molar refractivity (Wildman–Crippen MR) is 92.4 cm³/mol. The van der Waals surface area contributed by atoms with Crippen molar-refractivity contribution in [3.63, 3.8) is 0 Å². The summed E-state index contributed by atoms with van der Waals surface area (Å²) in [6, 6.07) is 16.9. The van der Waals surface area contributed by atoms with Crippen LogP contribution >= 0.6 is 0 Å². The molecule has 0 unspecified atom stereocenters. The van der Waals surface area contributed by atoms with Crippen LogP contribution in [-0.4, -0.2) is 25.5 Å². The van der Waals surface area contributed by atoms with Crippen LogP contribution in [0, 0.1) is 0 Å². The molecule has 0 amide bonds. The highest BCUT2D eigenvalue weighted by molar-refractivity contribution is 5.98. The molecular formula is C19H17NO3. The highest BCUT2D eigenvalue weighted by Gasteiger charge is 2.06. The van der Waals surface area contributed by atoms with E-state index in [4.69, 9.17) is 9.47 Å². The molecular weight excluding hydrogens is 290 g/mol. The number of benzene rings is 3. The zero-order chi connectivity index (χ0) is 16.2. The summed E-state index contributed by atoms with van der Waals surface area (Å²) in [6.07, 6.45) is 1.70. The number of ether oxygens (including phenoxy) is 2. The third-order valence-electron chi connectivity index (χ3n) is 3.63. The third-order valence-corrected chi connectivity index (χ3v) is 3.63. The number of methoxy groups -OCH3 is 2. The number of phenolic OH excluding ortho intramolecular Hbond substituents is 1. The lowest BCUT2D eigenvalue weighted by atomic mass is 10.1. The van der Waals surface area contributed by atoms with E-state index in [1.54, 1.807) is 26.5 Å². The standard InChI is InChI=1S/C19H17NO3/c1-22-17-10-7-13(11-18(17)23-2)12-20-19-15-6-4-3-5-14(15)8-9-16(19)21/h3-12,21H,1-2H3/b20-12+. The molecule has 0 atom stereocenters. The maximum absolute atomic E-state index is 10.1. The SMILES string of the molecule is COc1ccc(/C=N/c2c(O)ccc3ccccc23)cc1OC. The van der Waals surface area contributed by atoms with Gasteiger partial charge in [0.05, 0.1) is 14.2 Å². The molecule has 0 heterocycles. The van der Waals surface area contributed by atoms with Crippen molar-refractivity contribution in [2.24, 2.45) is 4.99 Å². The molecule has 0 bridgehead atoms. The highest BCUT2D eigenvalue weighted by atomic mass is 16.5. The Labute approximate surface area is 134 Å². The lowest BCUT2D eigenvalue weighted by Crippen LogP contribution is -1.92. The summed E-state index contributed by atoms with van der Waals surface area (Å²) in [5.74, 6) is 1.46. The third kappa shape index (κ3) is 2.97. The number of aliphatic imine (C=N–C) groups is 1. The number of aromatic hydroxyl groups is 1. The molecule has 0 fully saturated rings. The van der Waals surface area contributed by atoms with E-state index in [0.29, 0.717) is 17.2 Å². The van der Waals surface area contributed by atoms with Crippen LogP contribution in [0.1, 0.15) is 5.56 Å². The van der Waals surface area contributed by atoms with Gasteiger partial charge in [-0.15, -0.1) is 0 Å². The van der Waals surface area contributed by atoms with E-state index in [0.717, 1.165) is 16.3 Å². The minimum absolute atomic E-state index is 0.153. The summed E-state index contributed by atoms with van der Waals surface area (Å²) in [5, 5.41) is 12.0. The van der Waals surface area contributed by atoms with Crippen LogP contribution in [0.2, 0.25) is 0 Å². The molecule has 1 N–H and O–H groups in total. The fraction of sp³-hybridized carbons (Fsp3) is 0.105. The molecule has 116 valence electrons. The number of rotatable bonds is 4. The maximum atomic E-state index is 10.1. The Bertz CT molecular complexity index is 872. The van der Waals surface area contributed by atoms with Gasteiger partial charge in [-0.2, -0.15) is 0 Å². The summed E-state index contributed by atoms with van der Waals surface area (Å²) < 4.78 is 10.5. The molecule has 0 aliphatic rings. The zero-order valence-corrected chi connectivity index (χ0v) is 13.0. The number of hydrogen-bond acceptors (Lipinski definition) is 4. The van der Waals surface area contributed by atoms with Gasteiger partial charge in [0.25, 0.3) is 0 Å². The minimum Gasteiger partial charge on any atom is -0.506 e. The van der Waals surface area contributed by atoms with Crippen molar-refractivity contribution in [2.75, 3.05) is 14.2 Å². The van der Waals surface area contributed by atoms with Crippen molar-refractivity contribution < 1.29 is 14.6 Å². The van der Waals surface area contributed by atoms with Crippen LogP contribution in [0.4, 0.5) is 5.69 Å². The second kappa shape index (κ2) is 6.40. The molecule has 0 aliphatic heterocycles. The van der Waals surface area contributed by atoms with Gasteiger partial charge in [0.15, 0.2) is 11.5 Å². The number of nitrogens with zero attached hydrogens (tertiary/aromatic N) is 1. The van der Waals surface area contributed by atoms with Gasteiger partial charge in [0, 0.05) is 11.6 Å². The van der Waals surface area contributed by atoms with Crippen LogP contribution in [-0.2, 0) is 0 Å². The van der Waals surface area contributed by atoms with E-state index in [1.165, 1.54) is 0 Å². The van der Waals surface area contributed by atoms with Gasteiger partial charge in [0.2, 0.25) is 0 Å². The summed E-state index contributed by atoms with van der Waals surface area (Å²) in [6.45, 7) is 0. The zero-order valence-electron chi connectivity index (χ0n) is 13.0. The Balaban J connectivity index is 2.02. The first-order valence-electron chi connectivity index (χ1n) is 7.19. The average molecular weight is 307 g/mol. The van der Waals surface area contributed by atoms with E-state index in [9.17, 15) is 5.11 Å². The Hall–Kier alpha value is -3.01. The molecule has 0 spiro atoms. The molecule has 0 saturated carbocycles. The smallest absolute Gasteiger partial charge is 0.161 e. The van der Waals surface area contributed by atoms with Crippen LogP contribution in [0.15, 0.2) is 59.6 Å². The first kappa shape index (κ1) is 14.9. The normalized spacial score (nSPS) is 11.0. The molecule has 0 saturated heterocycles. The van der Waals surface area contributed by atoms with Gasteiger partial charge in [-0.05, 0) is 35.2 Å². The molecule has 0 aromatic heterocycles. The molecule has 23 heavy (non-hydrogen) atoms. The monoisotopic (exact) mass is 307 g/mol. The Morgan fingerprint density at radius 2 is 1.70 bits per heavy atom. The second-order valence-corrected chi connectivity index (χ2v) is 5.03. The van der Waals surface area contributed by atoms with Crippen LogP contribution in [0.3, 0.4) is 0 Å². The van der Waals surface area contributed by atoms with Crippen molar-refractivity contribution in [2.45, 2.75) is 0 Å². The van der Waals surface area contributed by atoms with Crippen LogP contribution in [0.25, 0.3) is 10.8 Å². The summed E-state index contributed by atoms with van der Waals surface area (Å²) in [7, 11) is 3.19. The molecule has 0 radical (unpaired) electrons. The quantitative estimate of drug-likeness (QED) is 0.731. The van der Waals surface area contributed by atoms with E-state index < -0.39 is 0 Å². The summed E-state index contributed by atoms with van der Waals surface area (Å²) in [5.41, 5.74) is 1.41. The Morgan fingerprint density at radius 1 is 0.913 bits per heavy atom. The van der Waals surface area contributed by atoms with Crippen molar-refractivity contribution in [3.05, 3.63) is 60.2 Å². The lowest BCUT2D eigenvalue weighted by Gasteiger charge is -2.08. The van der Waals surface area contributed by atoms with E-state index in [1.807, 2.05) is 48.5 Å². The second-order valence-electron chi connectivity index (χ2n) is 5.03. The van der Waals surface area contributed by atoms with Gasteiger partial charge in [0.1, 0.15) is 11.4 Å². The summed E-state index contributed by atoms with van der Waals surface area (Å²) in [4.78, 5) is 4.46. The van der Waals surface area contributed by atoms with E-state index in [2.05, 4.69) is 4.99 Å². The first-order valence-corrected chi connectivity index (χ1v) is 7.19. The average Bonchev–Trinajstić information content (AvgIpc) is 2.60. The van der Waals surface area contributed by atoms with Crippen LogP contribution in [0.5, 0.6) is 17.2 Å². The van der Waals surface area contributed by atoms with Crippen LogP contribution < -0.4 is 9.47 Å². The largest absolute Gasteiger partial charge is 0.506 e. The number of hydrogen-bond donors (Lipinski definition) is 1. The predicted octanol–water partition coefficient (Wildman–Crippen LogP) is 4.31. The molecule has 0 aliphatic carbocycles. The topological polar surface area (TPSA) is 51.0 Å². The first-order chi connectivity index (χ1) is 11.2.